The van der Waals surface area contributed by atoms with Crippen LogP contribution in [0.15, 0.2) is 18.2 Å². The second kappa shape index (κ2) is 8.16. The smallest absolute Gasteiger partial charge is 0.165 e. The summed E-state index contributed by atoms with van der Waals surface area (Å²) in [6, 6.07) is 5.74. The minimum atomic E-state index is -0.274. The molecule has 1 atom stereocenters. The summed E-state index contributed by atoms with van der Waals surface area (Å²) in [6.45, 7) is 7.57. The molecule has 108 valence electrons. The molecule has 0 aromatic heterocycles. The van der Waals surface area contributed by atoms with Gasteiger partial charge < -0.3 is 10.1 Å². The summed E-state index contributed by atoms with van der Waals surface area (Å²) in [5.74, 6) is 0.717. The Morgan fingerprint density at radius 3 is 2.58 bits per heavy atom. The van der Waals surface area contributed by atoms with Gasteiger partial charge in [-0.15, -0.1) is 0 Å². The molecule has 1 unspecified atom stereocenters. The van der Waals surface area contributed by atoms with Crippen LogP contribution in [0.3, 0.4) is 0 Å². The van der Waals surface area contributed by atoms with Gasteiger partial charge in [0.25, 0.3) is 0 Å². The van der Waals surface area contributed by atoms with E-state index in [0.29, 0.717) is 17.7 Å². The Labute approximate surface area is 116 Å². The maximum Gasteiger partial charge on any atom is 0.165 e. The number of aryl methyl sites for hydroxylation is 1. The van der Waals surface area contributed by atoms with Crippen LogP contribution in [-0.4, -0.2) is 19.7 Å². The lowest BCUT2D eigenvalue weighted by molar-refractivity contribution is 0.385. The zero-order chi connectivity index (χ0) is 14.3. The quantitative estimate of drug-likeness (QED) is 0.773. The van der Waals surface area contributed by atoms with E-state index in [0.717, 1.165) is 31.4 Å². The molecule has 3 heteroatoms. The Balaban J connectivity index is 2.55. The molecule has 19 heavy (non-hydrogen) atoms. The van der Waals surface area contributed by atoms with E-state index in [4.69, 9.17) is 4.74 Å². The average Bonchev–Trinajstić information content (AvgIpc) is 2.36. The van der Waals surface area contributed by atoms with Gasteiger partial charge in [-0.05, 0) is 49.4 Å². The standard InChI is InChI=1S/C16H26FNO/c1-5-18-14(10-12(2)3)8-6-13-7-9-16(19-4)15(17)11-13/h7,9,11-12,14,18H,5-6,8,10H2,1-4H3. The highest BCUT2D eigenvalue weighted by Gasteiger charge is 2.10. The van der Waals surface area contributed by atoms with Crippen molar-refractivity contribution >= 4 is 0 Å². The SMILES string of the molecule is CCNC(CCc1ccc(OC)c(F)c1)CC(C)C. The van der Waals surface area contributed by atoms with Crippen LogP contribution in [-0.2, 0) is 6.42 Å². The molecular formula is C16H26FNO. The summed E-state index contributed by atoms with van der Waals surface area (Å²) in [4.78, 5) is 0. The third-order valence-electron chi connectivity index (χ3n) is 3.25. The van der Waals surface area contributed by atoms with E-state index in [9.17, 15) is 4.39 Å². The molecule has 1 N–H and O–H groups in total. The lowest BCUT2D eigenvalue weighted by Crippen LogP contribution is -2.30. The first-order valence-corrected chi connectivity index (χ1v) is 7.12. The molecule has 0 aliphatic rings. The van der Waals surface area contributed by atoms with Gasteiger partial charge in [0.15, 0.2) is 11.6 Å². The molecule has 0 spiro atoms. The van der Waals surface area contributed by atoms with Gasteiger partial charge in [-0.25, -0.2) is 4.39 Å². The lowest BCUT2D eigenvalue weighted by atomic mass is 9.97. The molecule has 0 fully saturated rings. The third-order valence-corrected chi connectivity index (χ3v) is 3.25. The van der Waals surface area contributed by atoms with Gasteiger partial charge in [-0.1, -0.05) is 26.8 Å². The monoisotopic (exact) mass is 267 g/mol. The van der Waals surface area contributed by atoms with E-state index in [-0.39, 0.29) is 5.82 Å². The summed E-state index contributed by atoms with van der Waals surface area (Å²) in [6.07, 6.45) is 3.09. The molecule has 2 nitrogen and oxygen atoms in total. The topological polar surface area (TPSA) is 21.3 Å². The number of halogens is 1. The van der Waals surface area contributed by atoms with E-state index >= 15 is 0 Å². The zero-order valence-electron chi connectivity index (χ0n) is 12.5. The van der Waals surface area contributed by atoms with Crippen LogP contribution in [0.1, 0.15) is 39.2 Å². The second-order valence-electron chi connectivity index (χ2n) is 5.39. The second-order valence-corrected chi connectivity index (χ2v) is 5.39. The number of rotatable bonds is 8. The Bertz CT molecular complexity index is 379. The van der Waals surface area contributed by atoms with E-state index in [1.807, 2.05) is 6.07 Å². The van der Waals surface area contributed by atoms with Crippen LogP contribution in [0.25, 0.3) is 0 Å². The molecule has 0 bridgehead atoms. The molecule has 0 radical (unpaired) electrons. The van der Waals surface area contributed by atoms with Gasteiger partial charge in [0.2, 0.25) is 0 Å². The average molecular weight is 267 g/mol. The van der Waals surface area contributed by atoms with Crippen molar-refractivity contribution in [3.05, 3.63) is 29.6 Å². The Hall–Kier alpha value is -1.09. The summed E-state index contributed by atoms with van der Waals surface area (Å²) in [5, 5.41) is 3.50. The number of nitrogens with one attached hydrogen (secondary N) is 1. The molecule has 1 aromatic rings. The summed E-state index contributed by atoms with van der Waals surface area (Å²) in [7, 11) is 1.49. The molecule has 0 amide bonds. The number of ether oxygens (including phenoxy) is 1. The third kappa shape index (κ3) is 5.60. The van der Waals surface area contributed by atoms with Gasteiger partial charge >= 0.3 is 0 Å². The molecule has 0 aliphatic carbocycles. The normalized spacial score (nSPS) is 12.7. The minimum Gasteiger partial charge on any atom is -0.494 e. The molecule has 1 rings (SSSR count). The highest BCUT2D eigenvalue weighted by atomic mass is 19.1. The van der Waals surface area contributed by atoms with Crippen LogP contribution in [0, 0.1) is 11.7 Å². The van der Waals surface area contributed by atoms with Crippen molar-refractivity contribution in [2.45, 2.75) is 46.1 Å². The van der Waals surface area contributed by atoms with Crippen LogP contribution in [0.5, 0.6) is 5.75 Å². The van der Waals surface area contributed by atoms with Gasteiger partial charge in [0.05, 0.1) is 7.11 Å². The Morgan fingerprint density at radius 1 is 1.32 bits per heavy atom. The Kier molecular flexibility index (Phi) is 6.85. The van der Waals surface area contributed by atoms with Gasteiger partial charge in [0.1, 0.15) is 0 Å². The minimum absolute atomic E-state index is 0.274. The fourth-order valence-corrected chi connectivity index (χ4v) is 2.37. The highest BCUT2D eigenvalue weighted by Crippen LogP contribution is 2.19. The predicted octanol–water partition coefficient (Wildman–Crippen LogP) is 3.79. The maximum absolute atomic E-state index is 13.6. The molecule has 0 aliphatic heterocycles. The van der Waals surface area contributed by atoms with Crippen LogP contribution < -0.4 is 10.1 Å². The first-order valence-electron chi connectivity index (χ1n) is 7.12. The van der Waals surface area contributed by atoms with Crippen molar-refractivity contribution in [2.75, 3.05) is 13.7 Å². The van der Waals surface area contributed by atoms with Crippen molar-refractivity contribution in [1.29, 1.82) is 0 Å². The number of hydrogen-bond donors (Lipinski definition) is 1. The predicted molar refractivity (Wildman–Crippen MR) is 78.2 cm³/mol. The van der Waals surface area contributed by atoms with Crippen LogP contribution in [0.4, 0.5) is 4.39 Å². The fourth-order valence-electron chi connectivity index (χ4n) is 2.37. The fraction of sp³-hybridized carbons (Fsp3) is 0.625. The van der Waals surface area contributed by atoms with E-state index in [1.165, 1.54) is 7.11 Å². The Morgan fingerprint density at radius 2 is 2.05 bits per heavy atom. The maximum atomic E-state index is 13.6. The van der Waals surface area contributed by atoms with Crippen molar-refractivity contribution in [3.63, 3.8) is 0 Å². The summed E-state index contributed by atoms with van der Waals surface area (Å²) >= 11 is 0. The number of methoxy groups -OCH3 is 1. The van der Waals surface area contributed by atoms with Gasteiger partial charge in [0, 0.05) is 6.04 Å². The zero-order valence-corrected chi connectivity index (χ0v) is 12.5. The molecule has 0 saturated heterocycles. The molecule has 0 heterocycles. The van der Waals surface area contributed by atoms with Crippen molar-refractivity contribution in [1.82, 2.24) is 5.32 Å². The number of benzene rings is 1. The van der Waals surface area contributed by atoms with Crippen LogP contribution in [0.2, 0.25) is 0 Å². The largest absolute Gasteiger partial charge is 0.494 e. The van der Waals surface area contributed by atoms with Crippen molar-refractivity contribution in [3.8, 4) is 5.75 Å². The lowest BCUT2D eigenvalue weighted by Gasteiger charge is -2.20. The van der Waals surface area contributed by atoms with E-state index < -0.39 is 0 Å². The first-order chi connectivity index (χ1) is 9.06. The van der Waals surface area contributed by atoms with Crippen molar-refractivity contribution < 1.29 is 9.13 Å². The molecule has 1 aromatic carbocycles. The first kappa shape index (κ1) is 16.0. The van der Waals surface area contributed by atoms with Gasteiger partial charge in [-0.2, -0.15) is 0 Å². The number of hydrogen-bond acceptors (Lipinski definition) is 2. The van der Waals surface area contributed by atoms with Crippen molar-refractivity contribution in [2.24, 2.45) is 5.92 Å². The van der Waals surface area contributed by atoms with Crippen LogP contribution >= 0.6 is 0 Å². The van der Waals surface area contributed by atoms with E-state index in [2.05, 4.69) is 26.1 Å². The molecule has 0 saturated carbocycles. The summed E-state index contributed by atoms with van der Waals surface area (Å²) in [5.41, 5.74) is 1.03. The van der Waals surface area contributed by atoms with Gasteiger partial charge in [-0.3, -0.25) is 0 Å². The van der Waals surface area contributed by atoms with E-state index in [1.54, 1.807) is 12.1 Å². The summed E-state index contributed by atoms with van der Waals surface area (Å²) < 4.78 is 18.5. The highest BCUT2D eigenvalue weighted by molar-refractivity contribution is 5.29. The molecular weight excluding hydrogens is 241 g/mol.